The summed E-state index contributed by atoms with van der Waals surface area (Å²) in [5, 5.41) is 0.237. The molecule has 0 saturated carbocycles. The minimum atomic E-state index is -5.30. The third kappa shape index (κ3) is 3.26. The first-order valence-electron chi connectivity index (χ1n) is 9.02. The molecule has 140 valence electrons. The van der Waals surface area contributed by atoms with Crippen LogP contribution in [-0.4, -0.2) is 14.7 Å². The van der Waals surface area contributed by atoms with E-state index in [4.69, 9.17) is 0 Å². The molecule has 0 amide bonds. The van der Waals surface area contributed by atoms with Crippen molar-refractivity contribution in [3.05, 3.63) is 109 Å². The van der Waals surface area contributed by atoms with Crippen molar-refractivity contribution >= 4 is 17.9 Å². The van der Waals surface area contributed by atoms with Gasteiger partial charge in [0.05, 0.1) is 0 Å². The Balaban J connectivity index is 1.97. The van der Waals surface area contributed by atoms with Gasteiger partial charge < -0.3 is 0 Å². The Kier molecular flexibility index (Phi) is 4.62. The van der Waals surface area contributed by atoms with Gasteiger partial charge in [0.2, 0.25) is 0 Å². The molecule has 0 aliphatic heterocycles. The second-order valence-electron chi connectivity index (χ2n) is 6.74. The summed E-state index contributed by atoms with van der Waals surface area (Å²) in [5.74, 6) is 0. The molecule has 0 atom stereocenters. The molecule has 0 saturated heterocycles. The molecule has 0 unspecified atom stereocenters. The van der Waals surface area contributed by atoms with Crippen LogP contribution in [0.1, 0.15) is 0 Å². The number of hydrogen-bond acceptors (Lipinski definition) is 3. The van der Waals surface area contributed by atoms with Gasteiger partial charge in [-0.25, -0.2) is 0 Å². The predicted molar refractivity (Wildman–Crippen MR) is 117 cm³/mol. The van der Waals surface area contributed by atoms with Crippen LogP contribution in [0.4, 0.5) is 0 Å². The van der Waals surface area contributed by atoms with Gasteiger partial charge in [0.1, 0.15) is 0 Å². The molecular weight excluding hydrogens is 367 g/mol. The second-order valence-corrected chi connectivity index (χ2v) is 9.70. The zero-order chi connectivity index (χ0) is 19.6. The minimum absolute atomic E-state index is 0.109. The first-order chi connectivity index (χ1) is 13.5. The van der Waals surface area contributed by atoms with E-state index in [0.29, 0.717) is 5.56 Å². The van der Waals surface area contributed by atoms with Gasteiger partial charge in [-0.15, -0.1) is 0 Å². The fourth-order valence-electron chi connectivity index (χ4n) is 3.49. The average molecular weight is 388 g/mol. The third-order valence-corrected chi connectivity index (χ3v) is 7.41. The van der Waals surface area contributed by atoms with Crippen molar-refractivity contribution in [3.63, 3.8) is 0 Å². The molecule has 0 radical (unpaired) electrons. The molecule has 0 aromatic heterocycles. The van der Waals surface area contributed by atoms with E-state index >= 15 is 0 Å². The summed E-state index contributed by atoms with van der Waals surface area (Å²) in [6, 6.07) is 32.8. The van der Waals surface area contributed by atoms with Gasteiger partial charge in [-0.2, -0.15) is 0 Å². The number of rotatable bonds is 4. The topological polar surface area (TPSA) is 60.7 Å². The maximum absolute atomic E-state index is 11.2. The number of benzene rings is 4. The van der Waals surface area contributed by atoms with Crippen LogP contribution in [0.3, 0.4) is 0 Å². The van der Waals surface area contributed by atoms with Gasteiger partial charge >= 0.3 is 164 Å². The van der Waals surface area contributed by atoms with Crippen LogP contribution in [0.5, 0.6) is 0 Å². The fraction of sp³-hybridized carbons (Fsp3) is 0. The monoisotopic (exact) mass is 388 g/mol. The van der Waals surface area contributed by atoms with Gasteiger partial charge in [-0.1, -0.05) is 0 Å². The summed E-state index contributed by atoms with van der Waals surface area (Å²) in [5.41, 5.74) is 3.39. The van der Waals surface area contributed by atoms with Crippen LogP contribution in [0.25, 0.3) is 22.3 Å². The van der Waals surface area contributed by atoms with E-state index in [1.165, 1.54) is 12.1 Å². The normalized spacial score (nSPS) is 12.9. The Morgan fingerprint density at radius 3 is 1.54 bits per heavy atom. The van der Waals surface area contributed by atoms with E-state index in [9.17, 15) is 14.7 Å². The van der Waals surface area contributed by atoms with Crippen LogP contribution < -0.4 is 10.6 Å². The maximum atomic E-state index is 11.2. The molecule has 3 nitrogen and oxygen atoms in total. The Bertz CT molecular complexity index is 1100. The van der Waals surface area contributed by atoms with E-state index in [2.05, 4.69) is 0 Å². The second kappa shape index (κ2) is 6.97. The standard InChI is InChI=1S/C24H21O3P/c25-28(26,27,20-13-5-2-6-14-20)24-18-10-9-17-23(24)22-16-8-7-15-21(22)19-11-3-1-4-12-19/h1-18,25-27H. The molecule has 4 aromatic rings. The summed E-state index contributed by atoms with van der Waals surface area (Å²) >= 11 is 0. The Labute approximate surface area is 164 Å². The first kappa shape index (κ1) is 18.5. The van der Waals surface area contributed by atoms with Crippen molar-refractivity contribution in [3.8, 4) is 22.3 Å². The van der Waals surface area contributed by atoms with E-state index in [1.807, 2.05) is 66.7 Å². The van der Waals surface area contributed by atoms with Crippen molar-refractivity contribution in [2.24, 2.45) is 0 Å². The third-order valence-electron chi connectivity index (χ3n) is 4.88. The summed E-state index contributed by atoms with van der Waals surface area (Å²) in [6.07, 6.45) is 0. The van der Waals surface area contributed by atoms with Crippen molar-refractivity contribution in [2.45, 2.75) is 0 Å². The molecule has 4 heteroatoms. The van der Waals surface area contributed by atoms with Gasteiger partial charge in [0, 0.05) is 0 Å². The molecule has 0 bridgehead atoms. The molecule has 3 N–H and O–H groups in total. The molecule has 0 spiro atoms. The zero-order valence-electron chi connectivity index (χ0n) is 15.2. The van der Waals surface area contributed by atoms with Crippen molar-refractivity contribution < 1.29 is 14.7 Å². The molecule has 0 aliphatic carbocycles. The van der Waals surface area contributed by atoms with Gasteiger partial charge in [-0.05, 0) is 0 Å². The van der Waals surface area contributed by atoms with Gasteiger partial charge in [0.15, 0.2) is 0 Å². The van der Waals surface area contributed by atoms with Gasteiger partial charge in [-0.3, -0.25) is 0 Å². The van der Waals surface area contributed by atoms with Crippen LogP contribution in [-0.2, 0) is 0 Å². The zero-order valence-corrected chi connectivity index (χ0v) is 16.1. The SMILES string of the molecule is OP(O)(O)(c1ccccc1)c1ccccc1-c1ccccc1-c1ccccc1. The van der Waals surface area contributed by atoms with E-state index < -0.39 is 7.28 Å². The van der Waals surface area contributed by atoms with Crippen LogP contribution >= 0.6 is 7.28 Å². The van der Waals surface area contributed by atoms with E-state index in [-0.39, 0.29) is 10.6 Å². The molecule has 28 heavy (non-hydrogen) atoms. The Hall–Kier alpha value is -2.81. The first-order valence-corrected chi connectivity index (χ1v) is 11.1. The summed E-state index contributed by atoms with van der Waals surface area (Å²) < 4.78 is 0. The molecule has 4 rings (SSSR count). The summed E-state index contributed by atoms with van der Waals surface area (Å²) in [4.78, 5) is 33.5. The molecular formula is C24H21O3P. The van der Waals surface area contributed by atoms with E-state index in [0.717, 1.165) is 16.7 Å². The average Bonchev–Trinajstić information content (AvgIpc) is 2.75. The predicted octanol–water partition coefficient (Wildman–Crippen LogP) is 4.25. The van der Waals surface area contributed by atoms with Crippen molar-refractivity contribution in [1.82, 2.24) is 0 Å². The summed E-state index contributed by atoms with van der Waals surface area (Å²) in [6.45, 7) is 0. The molecule has 0 fully saturated rings. The van der Waals surface area contributed by atoms with Crippen molar-refractivity contribution in [2.75, 3.05) is 0 Å². The quantitative estimate of drug-likeness (QED) is 0.458. The van der Waals surface area contributed by atoms with E-state index in [1.54, 1.807) is 30.3 Å². The van der Waals surface area contributed by atoms with Crippen LogP contribution in [0, 0.1) is 0 Å². The molecule has 4 aromatic carbocycles. The Morgan fingerprint density at radius 1 is 0.429 bits per heavy atom. The van der Waals surface area contributed by atoms with Crippen LogP contribution in [0.15, 0.2) is 109 Å². The van der Waals surface area contributed by atoms with Crippen LogP contribution in [0.2, 0.25) is 0 Å². The Morgan fingerprint density at radius 2 is 0.893 bits per heavy atom. The molecule has 0 heterocycles. The van der Waals surface area contributed by atoms with Crippen molar-refractivity contribution in [1.29, 1.82) is 0 Å². The van der Waals surface area contributed by atoms with Gasteiger partial charge in [0.25, 0.3) is 0 Å². The molecule has 0 aliphatic rings. The number of hydrogen-bond donors (Lipinski definition) is 3. The summed E-state index contributed by atoms with van der Waals surface area (Å²) in [7, 11) is -5.30. The fourth-order valence-corrected chi connectivity index (χ4v) is 5.49.